The summed E-state index contributed by atoms with van der Waals surface area (Å²) in [7, 11) is 0. The Balaban J connectivity index is 1.95. The van der Waals surface area contributed by atoms with Gasteiger partial charge in [0, 0.05) is 4.47 Å². The molecule has 0 aliphatic carbocycles. The lowest BCUT2D eigenvalue weighted by atomic mass is 10.2. The molecule has 0 atom stereocenters. The molecule has 1 heterocycles. The number of thioether (sulfide) groups is 1. The second kappa shape index (κ2) is 6.73. The monoisotopic (exact) mass is 427 g/mol. The first kappa shape index (κ1) is 16.6. The number of halogens is 3. The molecule has 2 aromatic rings. The highest BCUT2D eigenvalue weighted by Gasteiger charge is 2.33. The normalized spacial score (nSPS) is 16.5. The van der Waals surface area contributed by atoms with Gasteiger partial charge in [0.15, 0.2) is 4.32 Å². The molecule has 1 saturated heterocycles. The molecule has 0 spiro atoms. The predicted octanol–water partition coefficient (Wildman–Crippen LogP) is 5.65. The minimum atomic E-state index is -0.353. The van der Waals surface area contributed by atoms with Gasteiger partial charge in [-0.2, -0.15) is 0 Å². The van der Waals surface area contributed by atoms with Gasteiger partial charge in [-0.15, -0.1) is 0 Å². The van der Waals surface area contributed by atoms with Crippen molar-refractivity contribution >= 4 is 73.5 Å². The van der Waals surface area contributed by atoms with Gasteiger partial charge in [0.1, 0.15) is 5.82 Å². The van der Waals surface area contributed by atoms with Crippen molar-refractivity contribution in [1.82, 2.24) is 0 Å². The maximum atomic E-state index is 13.3. The molecule has 0 saturated carbocycles. The van der Waals surface area contributed by atoms with Crippen molar-refractivity contribution in [3.8, 4) is 0 Å². The summed E-state index contributed by atoms with van der Waals surface area (Å²) in [6.07, 6.45) is 1.63. The van der Waals surface area contributed by atoms with E-state index in [0.29, 0.717) is 25.5 Å². The third-order valence-electron chi connectivity index (χ3n) is 3.10. The number of hydrogen-bond donors (Lipinski definition) is 0. The van der Waals surface area contributed by atoms with Crippen molar-refractivity contribution in [3.63, 3.8) is 0 Å². The number of carbonyl (C=O) groups excluding carboxylic acids is 1. The van der Waals surface area contributed by atoms with Crippen LogP contribution in [0.2, 0.25) is 5.02 Å². The van der Waals surface area contributed by atoms with Crippen LogP contribution in [-0.4, -0.2) is 10.2 Å². The van der Waals surface area contributed by atoms with E-state index < -0.39 is 0 Å². The van der Waals surface area contributed by atoms with Crippen LogP contribution in [0.25, 0.3) is 6.08 Å². The van der Waals surface area contributed by atoms with E-state index in [0.717, 1.165) is 4.47 Å². The highest BCUT2D eigenvalue weighted by atomic mass is 79.9. The standard InChI is InChI=1S/C16H8BrClFNOS2/c17-12-5-4-11(8-13(12)18)20-15(21)14(23-16(20)22)7-9-2-1-3-10(19)6-9/h1-8H/b14-7+. The Kier molecular flexibility index (Phi) is 4.87. The van der Waals surface area contributed by atoms with E-state index in [4.69, 9.17) is 23.8 Å². The van der Waals surface area contributed by atoms with Gasteiger partial charge in [-0.05, 0) is 57.9 Å². The Hall–Kier alpha value is -1.21. The van der Waals surface area contributed by atoms with Gasteiger partial charge in [-0.1, -0.05) is 47.7 Å². The van der Waals surface area contributed by atoms with Crippen molar-refractivity contribution in [1.29, 1.82) is 0 Å². The summed E-state index contributed by atoms with van der Waals surface area (Å²) in [6.45, 7) is 0. The van der Waals surface area contributed by atoms with Crippen LogP contribution in [0.5, 0.6) is 0 Å². The fraction of sp³-hybridized carbons (Fsp3) is 0. The number of benzene rings is 2. The number of hydrogen-bond acceptors (Lipinski definition) is 3. The van der Waals surface area contributed by atoms with Crippen LogP contribution >= 0.6 is 51.5 Å². The molecule has 1 aliphatic rings. The van der Waals surface area contributed by atoms with E-state index in [1.54, 1.807) is 36.4 Å². The van der Waals surface area contributed by atoms with Gasteiger partial charge in [0.2, 0.25) is 0 Å². The zero-order valence-electron chi connectivity index (χ0n) is 11.4. The number of anilines is 1. The van der Waals surface area contributed by atoms with E-state index in [1.807, 2.05) is 0 Å². The Morgan fingerprint density at radius 1 is 1.26 bits per heavy atom. The maximum Gasteiger partial charge on any atom is 0.270 e. The summed E-state index contributed by atoms with van der Waals surface area (Å²) >= 11 is 15.9. The number of rotatable bonds is 2. The van der Waals surface area contributed by atoms with Crippen LogP contribution in [0.1, 0.15) is 5.56 Å². The SMILES string of the molecule is O=C1/C(=C\c2cccc(F)c2)SC(=S)N1c1ccc(Br)c(Cl)c1. The van der Waals surface area contributed by atoms with Crippen LogP contribution in [-0.2, 0) is 4.79 Å². The molecule has 7 heteroatoms. The third kappa shape index (κ3) is 3.50. The number of thiocarbonyl (C=S) groups is 1. The summed E-state index contributed by atoms with van der Waals surface area (Å²) in [5.41, 5.74) is 1.21. The molecule has 1 amide bonds. The van der Waals surface area contributed by atoms with Crippen LogP contribution in [0, 0.1) is 5.82 Å². The van der Waals surface area contributed by atoms with Crippen molar-refractivity contribution in [2.75, 3.05) is 4.90 Å². The predicted molar refractivity (Wildman–Crippen MR) is 101 cm³/mol. The minimum Gasteiger partial charge on any atom is -0.268 e. The highest BCUT2D eigenvalue weighted by molar-refractivity contribution is 9.10. The Bertz CT molecular complexity index is 856. The molecular weight excluding hydrogens is 421 g/mol. The third-order valence-corrected chi connectivity index (χ3v) is 5.64. The van der Waals surface area contributed by atoms with Gasteiger partial charge >= 0.3 is 0 Å². The van der Waals surface area contributed by atoms with Gasteiger partial charge in [-0.25, -0.2) is 4.39 Å². The molecule has 3 rings (SSSR count). The molecule has 2 aromatic carbocycles. The average molecular weight is 429 g/mol. The fourth-order valence-electron chi connectivity index (χ4n) is 2.06. The summed E-state index contributed by atoms with van der Waals surface area (Å²) in [5, 5.41) is 0.491. The van der Waals surface area contributed by atoms with E-state index in [2.05, 4.69) is 15.9 Å². The van der Waals surface area contributed by atoms with Gasteiger partial charge in [0.05, 0.1) is 15.6 Å². The van der Waals surface area contributed by atoms with E-state index >= 15 is 0 Å². The Morgan fingerprint density at radius 3 is 2.74 bits per heavy atom. The Labute approximate surface area is 155 Å². The lowest BCUT2D eigenvalue weighted by Crippen LogP contribution is -2.27. The van der Waals surface area contributed by atoms with Crippen LogP contribution in [0.4, 0.5) is 10.1 Å². The maximum absolute atomic E-state index is 13.3. The second-order valence-corrected chi connectivity index (χ2v) is 7.61. The zero-order chi connectivity index (χ0) is 16.6. The highest BCUT2D eigenvalue weighted by Crippen LogP contribution is 2.37. The van der Waals surface area contributed by atoms with E-state index in [1.165, 1.54) is 28.8 Å². The molecule has 0 unspecified atom stereocenters. The van der Waals surface area contributed by atoms with Crippen molar-refractivity contribution in [3.05, 3.63) is 68.2 Å². The largest absolute Gasteiger partial charge is 0.270 e. The van der Waals surface area contributed by atoms with Gasteiger partial charge < -0.3 is 0 Å². The first-order valence-corrected chi connectivity index (χ1v) is 8.84. The van der Waals surface area contributed by atoms with Crippen LogP contribution in [0.3, 0.4) is 0 Å². The average Bonchev–Trinajstić information content (AvgIpc) is 2.77. The first-order chi connectivity index (χ1) is 11.0. The molecule has 1 fully saturated rings. The van der Waals surface area contributed by atoms with E-state index in [-0.39, 0.29) is 11.7 Å². The fourth-order valence-corrected chi connectivity index (χ4v) is 3.78. The number of carbonyl (C=O) groups is 1. The molecule has 0 N–H and O–H groups in total. The van der Waals surface area contributed by atoms with Crippen molar-refractivity contribution < 1.29 is 9.18 Å². The van der Waals surface area contributed by atoms with Crippen molar-refractivity contribution in [2.24, 2.45) is 0 Å². The quantitative estimate of drug-likeness (QED) is 0.455. The lowest BCUT2D eigenvalue weighted by Gasteiger charge is -2.15. The van der Waals surface area contributed by atoms with Gasteiger partial charge in [0.25, 0.3) is 5.91 Å². The van der Waals surface area contributed by atoms with Crippen molar-refractivity contribution in [2.45, 2.75) is 0 Å². The number of nitrogens with zero attached hydrogens (tertiary/aromatic N) is 1. The molecule has 116 valence electrons. The number of amides is 1. The first-order valence-electron chi connectivity index (χ1n) is 6.44. The van der Waals surface area contributed by atoms with Crippen LogP contribution < -0.4 is 4.90 Å². The molecule has 2 nitrogen and oxygen atoms in total. The van der Waals surface area contributed by atoms with Crippen LogP contribution in [0.15, 0.2) is 51.8 Å². The summed E-state index contributed by atoms with van der Waals surface area (Å²) in [4.78, 5) is 14.5. The summed E-state index contributed by atoms with van der Waals surface area (Å²) in [5.74, 6) is -0.600. The van der Waals surface area contributed by atoms with E-state index in [9.17, 15) is 9.18 Å². The minimum absolute atomic E-state index is 0.248. The topological polar surface area (TPSA) is 20.3 Å². The molecule has 0 bridgehead atoms. The molecule has 1 aliphatic heterocycles. The van der Waals surface area contributed by atoms with Gasteiger partial charge in [-0.3, -0.25) is 9.69 Å². The lowest BCUT2D eigenvalue weighted by molar-refractivity contribution is -0.113. The second-order valence-electron chi connectivity index (χ2n) is 4.67. The Morgan fingerprint density at radius 2 is 2.04 bits per heavy atom. The molecule has 23 heavy (non-hydrogen) atoms. The summed E-state index contributed by atoms with van der Waals surface area (Å²) < 4.78 is 14.4. The molecule has 0 aromatic heterocycles. The summed E-state index contributed by atoms with van der Waals surface area (Å²) in [6, 6.07) is 11.2. The smallest absolute Gasteiger partial charge is 0.268 e. The zero-order valence-corrected chi connectivity index (χ0v) is 15.4. The molecule has 0 radical (unpaired) electrons. The molecular formula is C16H8BrClFNOS2.